The fraction of sp³-hybridized carbons (Fsp3) is 0.381. The Kier molecular flexibility index (Phi) is 7.85. The predicted molar refractivity (Wildman–Crippen MR) is 110 cm³/mol. The van der Waals surface area contributed by atoms with E-state index in [1.165, 1.54) is 11.1 Å². The van der Waals surface area contributed by atoms with Gasteiger partial charge in [-0.25, -0.2) is 4.79 Å². The lowest BCUT2D eigenvalue weighted by Gasteiger charge is -2.14. The van der Waals surface area contributed by atoms with Crippen LogP contribution in [0, 0.1) is 6.92 Å². The van der Waals surface area contributed by atoms with Crippen LogP contribution in [0.2, 0.25) is 0 Å². The molecule has 0 spiro atoms. The molecule has 0 aliphatic carbocycles. The highest BCUT2D eigenvalue weighted by Gasteiger charge is 2.12. The Hall–Kier alpha value is -2.14. The summed E-state index contributed by atoms with van der Waals surface area (Å²) in [5.74, 6) is 0.996. The van der Waals surface area contributed by atoms with Gasteiger partial charge < -0.3 is 15.7 Å². The van der Waals surface area contributed by atoms with Crippen molar-refractivity contribution in [3.63, 3.8) is 0 Å². The van der Waals surface area contributed by atoms with Crippen molar-refractivity contribution in [2.75, 3.05) is 11.9 Å². The Morgan fingerprint density at radius 3 is 2.69 bits per heavy atom. The SMILES string of the molecule is CCCCNC(=O)Nc1cc(SCc2cccc(C)c2)cc(CC)c1O. The Labute approximate surface area is 160 Å². The average Bonchev–Trinajstić information content (AvgIpc) is 2.62. The monoisotopic (exact) mass is 372 g/mol. The molecule has 0 unspecified atom stereocenters. The molecule has 140 valence electrons. The standard InChI is InChI=1S/C21H28N2O2S/c1-4-6-10-22-21(25)23-19-13-18(12-17(5-2)20(19)24)26-14-16-9-7-8-15(3)11-16/h7-9,11-13,24H,4-6,10,14H2,1-3H3,(H2,22,23,25). The highest BCUT2D eigenvalue weighted by molar-refractivity contribution is 7.98. The second kappa shape index (κ2) is 10.1. The fourth-order valence-electron chi connectivity index (χ4n) is 2.63. The highest BCUT2D eigenvalue weighted by atomic mass is 32.2. The molecule has 26 heavy (non-hydrogen) atoms. The summed E-state index contributed by atoms with van der Waals surface area (Å²) in [5.41, 5.74) is 3.80. The van der Waals surface area contributed by atoms with Gasteiger partial charge in [-0.15, -0.1) is 11.8 Å². The van der Waals surface area contributed by atoms with Crippen LogP contribution >= 0.6 is 11.8 Å². The summed E-state index contributed by atoms with van der Waals surface area (Å²) in [4.78, 5) is 13.1. The molecule has 2 aromatic carbocycles. The Morgan fingerprint density at radius 2 is 2.00 bits per heavy atom. The third kappa shape index (κ3) is 5.99. The molecule has 2 rings (SSSR count). The number of anilines is 1. The number of nitrogens with one attached hydrogen (secondary N) is 2. The van der Waals surface area contributed by atoms with Gasteiger partial charge in [0.15, 0.2) is 0 Å². The number of urea groups is 1. The number of thioether (sulfide) groups is 1. The maximum Gasteiger partial charge on any atom is 0.319 e. The third-order valence-corrected chi connectivity index (χ3v) is 5.14. The summed E-state index contributed by atoms with van der Waals surface area (Å²) >= 11 is 1.70. The van der Waals surface area contributed by atoms with Crippen molar-refractivity contribution in [3.05, 3.63) is 53.1 Å². The average molecular weight is 373 g/mol. The molecule has 2 amide bonds. The molecule has 0 radical (unpaired) electrons. The van der Waals surface area contributed by atoms with E-state index in [4.69, 9.17) is 0 Å². The van der Waals surface area contributed by atoms with Gasteiger partial charge in [0.25, 0.3) is 0 Å². The minimum Gasteiger partial charge on any atom is -0.505 e. The van der Waals surface area contributed by atoms with Crippen molar-refractivity contribution in [2.45, 2.75) is 50.7 Å². The van der Waals surface area contributed by atoms with Crippen LogP contribution in [-0.2, 0) is 12.2 Å². The molecule has 0 heterocycles. The van der Waals surface area contributed by atoms with Gasteiger partial charge in [-0.2, -0.15) is 0 Å². The van der Waals surface area contributed by atoms with Crippen molar-refractivity contribution >= 4 is 23.5 Å². The first kappa shape index (κ1) is 20.2. The summed E-state index contributed by atoms with van der Waals surface area (Å²) in [7, 11) is 0. The number of phenols is 1. The number of aryl methyl sites for hydroxylation is 2. The van der Waals surface area contributed by atoms with Gasteiger partial charge in [-0.1, -0.05) is 50.1 Å². The second-order valence-electron chi connectivity index (χ2n) is 6.34. The van der Waals surface area contributed by atoms with Crippen LogP contribution in [0.15, 0.2) is 41.3 Å². The van der Waals surface area contributed by atoms with E-state index < -0.39 is 0 Å². The van der Waals surface area contributed by atoms with Crippen molar-refractivity contribution in [1.29, 1.82) is 0 Å². The van der Waals surface area contributed by atoms with Crippen molar-refractivity contribution < 1.29 is 9.90 Å². The van der Waals surface area contributed by atoms with Gasteiger partial charge in [-0.3, -0.25) is 0 Å². The number of hydrogen-bond donors (Lipinski definition) is 3. The molecular weight excluding hydrogens is 344 g/mol. The molecule has 0 aliphatic heterocycles. The van der Waals surface area contributed by atoms with E-state index in [1.807, 2.05) is 19.1 Å². The van der Waals surface area contributed by atoms with Gasteiger partial charge in [-0.05, 0) is 43.0 Å². The van der Waals surface area contributed by atoms with E-state index >= 15 is 0 Å². The molecule has 0 saturated heterocycles. The van der Waals surface area contributed by atoms with Crippen LogP contribution in [0.25, 0.3) is 0 Å². The minimum atomic E-state index is -0.281. The number of benzene rings is 2. The first-order chi connectivity index (χ1) is 12.5. The molecule has 0 saturated carbocycles. The third-order valence-electron chi connectivity index (χ3n) is 4.10. The van der Waals surface area contributed by atoms with Crippen LogP contribution < -0.4 is 10.6 Å². The highest BCUT2D eigenvalue weighted by Crippen LogP contribution is 2.35. The zero-order valence-electron chi connectivity index (χ0n) is 15.8. The van der Waals surface area contributed by atoms with Gasteiger partial charge >= 0.3 is 6.03 Å². The summed E-state index contributed by atoms with van der Waals surface area (Å²) in [5, 5.41) is 16.0. The number of carbonyl (C=O) groups is 1. The van der Waals surface area contributed by atoms with Crippen molar-refractivity contribution in [1.82, 2.24) is 5.32 Å². The Morgan fingerprint density at radius 1 is 1.19 bits per heavy atom. The first-order valence-corrected chi connectivity index (χ1v) is 10.1. The van der Waals surface area contributed by atoms with E-state index in [0.29, 0.717) is 18.7 Å². The molecule has 0 bridgehead atoms. The van der Waals surface area contributed by atoms with Crippen molar-refractivity contribution in [2.24, 2.45) is 0 Å². The molecule has 0 aromatic heterocycles. The van der Waals surface area contributed by atoms with Gasteiger partial charge in [0.1, 0.15) is 5.75 Å². The molecule has 2 aromatic rings. The molecule has 0 fully saturated rings. The van der Waals surface area contributed by atoms with E-state index in [0.717, 1.165) is 29.1 Å². The predicted octanol–water partition coefficient (Wildman–Crippen LogP) is 5.48. The van der Waals surface area contributed by atoms with Crippen LogP contribution in [0.3, 0.4) is 0 Å². The lowest BCUT2D eigenvalue weighted by atomic mass is 10.1. The molecule has 0 aliphatic rings. The molecule has 3 N–H and O–H groups in total. The fourth-order valence-corrected chi connectivity index (χ4v) is 3.57. The quantitative estimate of drug-likeness (QED) is 0.327. The lowest BCUT2D eigenvalue weighted by molar-refractivity contribution is 0.252. The van der Waals surface area contributed by atoms with E-state index in [1.54, 1.807) is 11.8 Å². The summed E-state index contributed by atoms with van der Waals surface area (Å²) in [6.07, 6.45) is 2.67. The lowest BCUT2D eigenvalue weighted by Crippen LogP contribution is -2.29. The number of rotatable bonds is 8. The second-order valence-corrected chi connectivity index (χ2v) is 7.39. The number of aromatic hydroxyl groups is 1. The van der Waals surface area contributed by atoms with E-state index in [-0.39, 0.29) is 11.8 Å². The number of amides is 2. The number of carbonyl (C=O) groups excluding carboxylic acids is 1. The Balaban J connectivity index is 2.10. The molecule has 5 heteroatoms. The zero-order valence-corrected chi connectivity index (χ0v) is 16.6. The van der Waals surface area contributed by atoms with E-state index in [2.05, 4.69) is 48.7 Å². The van der Waals surface area contributed by atoms with Gasteiger partial charge in [0.2, 0.25) is 0 Å². The number of phenolic OH excluding ortho intramolecular Hbond substituents is 1. The largest absolute Gasteiger partial charge is 0.505 e. The van der Waals surface area contributed by atoms with Crippen LogP contribution in [-0.4, -0.2) is 17.7 Å². The smallest absolute Gasteiger partial charge is 0.319 e. The summed E-state index contributed by atoms with van der Waals surface area (Å²) in [6.45, 7) is 6.79. The zero-order chi connectivity index (χ0) is 18.9. The molecule has 0 atom stereocenters. The maximum absolute atomic E-state index is 12.0. The van der Waals surface area contributed by atoms with Crippen LogP contribution in [0.1, 0.15) is 43.4 Å². The minimum absolute atomic E-state index is 0.151. The summed E-state index contributed by atoms with van der Waals surface area (Å²) < 4.78 is 0. The van der Waals surface area contributed by atoms with Crippen molar-refractivity contribution in [3.8, 4) is 5.75 Å². The first-order valence-electron chi connectivity index (χ1n) is 9.12. The normalized spacial score (nSPS) is 10.6. The number of unbranched alkanes of at least 4 members (excludes halogenated alkanes) is 1. The topological polar surface area (TPSA) is 61.4 Å². The maximum atomic E-state index is 12.0. The van der Waals surface area contributed by atoms with Gasteiger partial charge in [0.05, 0.1) is 5.69 Å². The molecular formula is C21H28N2O2S. The van der Waals surface area contributed by atoms with Crippen LogP contribution in [0.5, 0.6) is 5.75 Å². The molecule has 4 nitrogen and oxygen atoms in total. The van der Waals surface area contributed by atoms with E-state index in [9.17, 15) is 9.90 Å². The number of hydrogen-bond acceptors (Lipinski definition) is 3. The summed E-state index contributed by atoms with van der Waals surface area (Å²) in [6, 6.07) is 12.0. The Bertz CT molecular complexity index is 747. The van der Waals surface area contributed by atoms with Crippen LogP contribution in [0.4, 0.5) is 10.5 Å². The van der Waals surface area contributed by atoms with Gasteiger partial charge in [0, 0.05) is 17.2 Å².